The Labute approximate surface area is 120 Å². The van der Waals surface area contributed by atoms with Gasteiger partial charge in [0.1, 0.15) is 5.82 Å². The summed E-state index contributed by atoms with van der Waals surface area (Å²) in [6.07, 6.45) is 1.64. The zero-order valence-electron chi connectivity index (χ0n) is 12.3. The molecule has 0 N–H and O–H groups in total. The highest BCUT2D eigenvalue weighted by atomic mass is 19.1. The molecule has 0 bridgehead atoms. The van der Waals surface area contributed by atoms with Crippen molar-refractivity contribution in [1.82, 2.24) is 9.80 Å². The number of likely N-dealkylation sites (N-methyl/N-ethyl adjacent to an activating group) is 1. The minimum atomic E-state index is -0.300. The molecular formula is C16H23FN2O. The number of hydrogen-bond donors (Lipinski definition) is 0. The SMILES string of the molecule is CCC1CN(CCC(=O)c2ccc(F)cc2)CCN1C. The molecule has 4 heteroatoms. The van der Waals surface area contributed by atoms with Gasteiger partial charge in [0.15, 0.2) is 5.78 Å². The first-order chi connectivity index (χ1) is 9.60. The van der Waals surface area contributed by atoms with Gasteiger partial charge in [-0.3, -0.25) is 4.79 Å². The summed E-state index contributed by atoms with van der Waals surface area (Å²) >= 11 is 0. The Morgan fingerprint density at radius 1 is 1.30 bits per heavy atom. The van der Waals surface area contributed by atoms with E-state index in [9.17, 15) is 9.18 Å². The maximum absolute atomic E-state index is 12.8. The normalized spacial score (nSPS) is 21.1. The number of halogens is 1. The molecule has 0 saturated carbocycles. The molecule has 0 amide bonds. The van der Waals surface area contributed by atoms with E-state index in [2.05, 4.69) is 23.8 Å². The maximum atomic E-state index is 12.8. The Hall–Kier alpha value is -1.26. The highest BCUT2D eigenvalue weighted by Gasteiger charge is 2.22. The molecule has 1 heterocycles. The Kier molecular flexibility index (Phi) is 5.26. The van der Waals surface area contributed by atoms with Crippen molar-refractivity contribution in [1.29, 1.82) is 0 Å². The molecule has 1 aliphatic heterocycles. The Bertz CT molecular complexity index is 446. The molecule has 1 unspecified atom stereocenters. The summed E-state index contributed by atoms with van der Waals surface area (Å²) in [7, 11) is 2.16. The number of benzene rings is 1. The van der Waals surface area contributed by atoms with E-state index in [0.717, 1.165) is 32.6 Å². The Morgan fingerprint density at radius 2 is 2.00 bits per heavy atom. The topological polar surface area (TPSA) is 23.6 Å². The van der Waals surface area contributed by atoms with E-state index in [4.69, 9.17) is 0 Å². The molecule has 1 atom stereocenters. The van der Waals surface area contributed by atoms with Crippen molar-refractivity contribution >= 4 is 5.78 Å². The first-order valence-corrected chi connectivity index (χ1v) is 7.31. The summed E-state index contributed by atoms with van der Waals surface area (Å²) in [5.41, 5.74) is 0.604. The minimum Gasteiger partial charge on any atom is -0.301 e. The Balaban J connectivity index is 1.83. The van der Waals surface area contributed by atoms with Crippen molar-refractivity contribution in [3.63, 3.8) is 0 Å². The molecule has 3 nitrogen and oxygen atoms in total. The van der Waals surface area contributed by atoms with E-state index in [1.807, 2.05) is 0 Å². The van der Waals surface area contributed by atoms with E-state index in [-0.39, 0.29) is 11.6 Å². The van der Waals surface area contributed by atoms with Gasteiger partial charge in [0.05, 0.1) is 0 Å². The van der Waals surface area contributed by atoms with Crippen LogP contribution >= 0.6 is 0 Å². The standard InChI is InChI=1S/C16H23FN2O/c1-3-15-12-19(11-10-18(15)2)9-8-16(20)13-4-6-14(17)7-5-13/h4-7,15H,3,8-12H2,1-2H3. The van der Waals surface area contributed by atoms with Crippen LogP contribution in [0, 0.1) is 5.82 Å². The second kappa shape index (κ2) is 6.95. The van der Waals surface area contributed by atoms with E-state index >= 15 is 0 Å². The third-order valence-electron chi connectivity index (χ3n) is 4.15. The maximum Gasteiger partial charge on any atom is 0.164 e. The van der Waals surface area contributed by atoms with Crippen molar-refractivity contribution in [2.45, 2.75) is 25.8 Å². The fraction of sp³-hybridized carbons (Fsp3) is 0.562. The lowest BCUT2D eigenvalue weighted by molar-refractivity contribution is 0.0824. The van der Waals surface area contributed by atoms with Crippen LogP contribution in [0.3, 0.4) is 0 Å². The highest BCUT2D eigenvalue weighted by molar-refractivity contribution is 5.96. The van der Waals surface area contributed by atoms with Crippen LogP contribution < -0.4 is 0 Å². The number of piperazine rings is 1. The first kappa shape index (κ1) is 15.1. The third kappa shape index (κ3) is 3.87. The zero-order valence-corrected chi connectivity index (χ0v) is 12.3. The highest BCUT2D eigenvalue weighted by Crippen LogP contribution is 2.12. The van der Waals surface area contributed by atoms with E-state index in [0.29, 0.717) is 18.0 Å². The van der Waals surface area contributed by atoms with Gasteiger partial charge in [-0.15, -0.1) is 0 Å². The van der Waals surface area contributed by atoms with Gasteiger partial charge < -0.3 is 9.80 Å². The molecule has 20 heavy (non-hydrogen) atoms. The second-order valence-corrected chi connectivity index (χ2v) is 5.52. The summed E-state index contributed by atoms with van der Waals surface area (Å²) in [4.78, 5) is 16.8. The molecule has 0 aromatic heterocycles. The molecule has 1 fully saturated rings. The average molecular weight is 278 g/mol. The number of carbonyl (C=O) groups excluding carboxylic acids is 1. The van der Waals surface area contributed by atoms with Gasteiger partial charge in [0.2, 0.25) is 0 Å². The molecule has 0 spiro atoms. The number of rotatable bonds is 5. The van der Waals surface area contributed by atoms with Crippen molar-refractivity contribution in [3.8, 4) is 0 Å². The second-order valence-electron chi connectivity index (χ2n) is 5.52. The van der Waals surface area contributed by atoms with E-state index in [1.54, 1.807) is 12.1 Å². The number of carbonyl (C=O) groups is 1. The van der Waals surface area contributed by atoms with Gasteiger partial charge in [0.25, 0.3) is 0 Å². The van der Waals surface area contributed by atoms with Gasteiger partial charge in [-0.05, 0) is 37.7 Å². The zero-order chi connectivity index (χ0) is 14.5. The fourth-order valence-electron chi connectivity index (χ4n) is 2.69. The summed E-state index contributed by atoms with van der Waals surface area (Å²) < 4.78 is 12.8. The lowest BCUT2D eigenvalue weighted by atomic mass is 10.1. The number of nitrogens with zero attached hydrogens (tertiary/aromatic N) is 2. The molecule has 110 valence electrons. The smallest absolute Gasteiger partial charge is 0.164 e. The van der Waals surface area contributed by atoms with Crippen LogP contribution in [-0.2, 0) is 0 Å². The lowest BCUT2D eigenvalue weighted by Crippen LogP contribution is -2.51. The van der Waals surface area contributed by atoms with Crippen molar-refractivity contribution < 1.29 is 9.18 Å². The van der Waals surface area contributed by atoms with Crippen molar-refractivity contribution in [2.75, 3.05) is 33.2 Å². The van der Waals surface area contributed by atoms with Crippen LogP contribution in [0.25, 0.3) is 0 Å². The fourth-order valence-corrected chi connectivity index (χ4v) is 2.69. The summed E-state index contributed by atoms with van der Waals surface area (Å²) in [5.74, 6) is -0.205. The van der Waals surface area contributed by atoms with Gasteiger partial charge >= 0.3 is 0 Å². The van der Waals surface area contributed by atoms with Crippen molar-refractivity contribution in [3.05, 3.63) is 35.6 Å². The van der Waals surface area contributed by atoms with Crippen LogP contribution in [0.2, 0.25) is 0 Å². The van der Waals surface area contributed by atoms with Gasteiger partial charge in [-0.2, -0.15) is 0 Å². The lowest BCUT2D eigenvalue weighted by Gasteiger charge is -2.39. The quantitative estimate of drug-likeness (QED) is 0.773. The van der Waals surface area contributed by atoms with Gasteiger partial charge in [-0.1, -0.05) is 6.92 Å². The average Bonchev–Trinajstić information content (AvgIpc) is 2.46. The van der Waals surface area contributed by atoms with E-state index in [1.165, 1.54) is 12.1 Å². The van der Waals surface area contributed by atoms with Crippen LogP contribution in [0.15, 0.2) is 24.3 Å². The summed E-state index contributed by atoms with van der Waals surface area (Å²) in [5, 5.41) is 0. The first-order valence-electron chi connectivity index (χ1n) is 7.31. The largest absolute Gasteiger partial charge is 0.301 e. The predicted octanol–water partition coefficient (Wildman–Crippen LogP) is 2.42. The summed E-state index contributed by atoms with van der Waals surface area (Å²) in [6, 6.07) is 6.41. The molecule has 1 aromatic rings. The van der Waals surface area contributed by atoms with E-state index < -0.39 is 0 Å². The molecule has 1 saturated heterocycles. The number of hydrogen-bond acceptors (Lipinski definition) is 3. The monoisotopic (exact) mass is 278 g/mol. The molecule has 0 radical (unpaired) electrons. The minimum absolute atomic E-state index is 0.0944. The molecule has 0 aliphatic carbocycles. The van der Waals surface area contributed by atoms with Crippen molar-refractivity contribution in [2.24, 2.45) is 0 Å². The summed E-state index contributed by atoms with van der Waals surface area (Å²) in [6.45, 7) is 6.10. The third-order valence-corrected chi connectivity index (χ3v) is 4.15. The van der Waals surface area contributed by atoms with Crippen LogP contribution in [0.4, 0.5) is 4.39 Å². The van der Waals surface area contributed by atoms with Gasteiger partial charge in [-0.25, -0.2) is 4.39 Å². The predicted molar refractivity (Wildman–Crippen MR) is 78.5 cm³/mol. The molecule has 1 aromatic carbocycles. The Morgan fingerprint density at radius 3 is 2.65 bits per heavy atom. The van der Waals surface area contributed by atoms with Crippen LogP contribution in [0.5, 0.6) is 0 Å². The number of Topliss-reactive ketones (excluding diaryl/α,β-unsaturated/α-hetero) is 1. The molecular weight excluding hydrogens is 255 g/mol. The molecule has 2 rings (SSSR count). The van der Waals surface area contributed by atoms with Crippen LogP contribution in [0.1, 0.15) is 30.1 Å². The number of ketones is 1. The van der Waals surface area contributed by atoms with Crippen LogP contribution in [-0.4, -0.2) is 54.9 Å². The molecule has 1 aliphatic rings. The van der Waals surface area contributed by atoms with Gasteiger partial charge in [0, 0.05) is 44.2 Å².